The maximum absolute atomic E-state index is 12.4. The number of pyridine rings is 1. The maximum Gasteiger partial charge on any atom is 0.315 e. The zero-order chi connectivity index (χ0) is 20.9. The third-order valence-electron chi connectivity index (χ3n) is 4.65. The fourth-order valence-corrected chi connectivity index (χ4v) is 4.05. The summed E-state index contributed by atoms with van der Waals surface area (Å²) in [6.07, 6.45) is 0. The molecule has 0 aliphatic carbocycles. The average molecular weight is 469 g/mol. The number of nitro benzene ring substituents is 1. The van der Waals surface area contributed by atoms with Gasteiger partial charge in [-0.3, -0.25) is 10.1 Å². The van der Waals surface area contributed by atoms with E-state index in [4.69, 9.17) is 11.6 Å². The number of halogens is 2. The second-order valence-electron chi connectivity index (χ2n) is 6.27. The van der Waals surface area contributed by atoms with Crippen LogP contribution in [0.25, 0.3) is 22.5 Å². The Morgan fingerprint density at radius 3 is 2.43 bits per heavy atom. The van der Waals surface area contributed by atoms with Crippen LogP contribution in [0.5, 0.6) is 11.5 Å². The second kappa shape index (κ2) is 6.99. The van der Waals surface area contributed by atoms with E-state index >= 15 is 0 Å². The molecule has 0 radical (unpaired) electrons. The van der Waals surface area contributed by atoms with Gasteiger partial charge in [0.15, 0.2) is 5.75 Å². The Hall–Kier alpha value is -2.78. The number of benzene rings is 1. The van der Waals surface area contributed by atoms with E-state index in [0.717, 1.165) is 0 Å². The van der Waals surface area contributed by atoms with Crippen LogP contribution >= 0.6 is 27.5 Å². The molecule has 0 saturated carbocycles. The molecule has 1 aromatic carbocycles. The summed E-state index contributed by atoms with van der Waals surface area (Å²) in [6, 6.07) is 5.84. The Morgan fingerprint density at radius 1 is 1.21 bits per heavy atom. The predicted octanol–water partition coefficient (Wildman–Crippen LogP) is 4.34. The third-order valence-corrected chi connectivity index (χ3v) is 5.93. The van der Waals surface area contributed by atoms with Gasteiger partial charge in [-0.2, -0.15) is 4.73 Å². The number of phenols is 2. The minimum atomic E-state index is -0.792. The summed E-state index contributed by atoms with van der Waals surface area (Å²) in [5.41, 5.74) is 2.55. The first kappa shape index (κ1) is 20.0. The molecule has 0 atom stereocenters. The Kier molecular flexibility index (Phi) is 4.99. The molecule has 8 nitrogen and oxygen atoms in total. The van der Waals surface area contributed by atoms with Gasteiger partial charge in [0.25, 0.3) is 4.60 Å². The van der Waals surface area contributed by atoms with Crippen LogP contribution in [0.15, 0.2) is 28.9 Å². The predicted molar refractivity (Wildman–Crippen MR) is 107 cm³/mol. The largest absolute Gasteiger partial charge is 0.618 e. The van der Waals surface area contributed by atoms with E-state index in [2.05, 4.69) is 15.9 Å². The number of nitro groups is 1. The summed E-state index contributed by atoms with van der Waals surface area (Å²) in [5.74, 6) is -1.39. The van der Waals surface area contributed by atoms with Crippen LogP contribution in [0.1, 0.15) is 11.3 Å². The molecule has 10 heteroatoms. The quantitative estimate of drug-likeness (QED) is 0.148. The van der Waals surface area contributed by atoms with E-state index in [-0.39, 0.29) is 0 Å². The summed E-state index contributed by atoms with van der Waals surface area (Å²) >= 11 is 9.61. The van der Waals surface area contributed by atoms with Crippen LogP contribution < -0.4 is 4.73 Å². The van der Waals surface area contributed by atoms with Crippen molar-refractivity contribution in [3.63, 3.8) is 0 Å². The molecule has 2 N–H and O–H groups in total. The number of phenolic OH excluding ortho intramolecular Hbond substituents is 2. The number of aromatic hydroxyl groups is 2. The van der Waals surface area contributed by atoms with Crippen LogP contribution in [0.2, 0.25) is 5.02 Å². The number of hydrogen-bond acceptors (Lipinski definition) is 5. The molecular weight excluding hydrogens is 454 g/mol. The van der Waals surface area contributed by atoms with Gasteiger partial charge in [-0.15, -0.1) is 0 Å². The van der Waals surface area contributed by atoms with E-state index in [1.165, 1.54) is 12.1 Å². The normalized spacial score (nSPS) is 11.0. The second-order valence-corrected chi connectivity index (χ2v) is 7.40. The topological polar surface area (TPSA) is 115 Å². The Bertz CT molecular complexity index is 1110. The van der Waals surface area contributed by atoms with E-state index < -0.39 is 22.1 Å². The Balaban J connectivity index is 2.25. The van der Waals surface area contributed by atoms with Crippen LogP contribution in [0.4, 0.5) is 5.69 Å². The molecule has 0 spiro atoms. The molecular formula is C18H15BrClN3O5. The fourth-order valence-electron chi connectivity index (χ4n) is 3.11. The molecule has 0 amide bonds. The van der Waals surface area contributed by atoms with Crippen molar-refractivity contribution in [1.82, 2.24) is 4.57 Å². The lowest BCUT2D eigenvalue weighted by Crippen LogP contribution is -2.33. The fraction of sp³-hybridized carbons (Fsp3) is 0.167. The monoisotopic (exact) mass is 467 g/mol. The minimum Gasteiger partial charge on any atom is -0.618 e. The lowest BCUT2D eigenvalue weighted by molar-refractivity contribution is -0.623. The van der Waals surface area contributed by atoms with Gasteiger partial charge < -0.3 is 20.0 Å². The van der Waals surface area contributed by atoms with Crippen LogP contribution in [0.3, 0.4) is 0 Å². The van der Waals surface area contributed by atoms with Gasteiger partial charge in [0.2, 0.25) is 11.4 Å². The first-order chi connectivity index (χ1) is 13.1. The van der Waals surface area contributed by atoms with Gasteiger partial charge in [-0.05, 0) is 30.7 Å². The highest BCUT2D eigenvalue weighted by Gasteiger charge is 2.26. The number of nitrogens with zero attached hydrogens (tertiary/aromatic N) is 3. The first-order valence-electron chi connectivity index (χ1n) is 8.00. The van der Waals surface area contributed by atoms with Gasteiger partial charge in [0, 0.05) is 47.2 Å². The number of aromatic nitrogens is 2. The van der Waals surface area contributed by atoms with Crippen molar-refractivity contribution < 1.29 is 19.9 Å². The summed E-state index contributed by atoms with van der Waals surface area (Å²) in [5, 5.41) is 43.4. The number of hydrogen-bond donors (Lipinski definition) is 2. The van der Waals surface area contributed by atoms with Crippen LogP contribution in [0, 0.1) is 29.2 Å². The molecule has 3 rings (SSSR count). The summed E-state index contributed by atoms with van der Waals surface area (Å²) in [6.45, 7) is 3.41. The van der Waals surface area contributed by atoms with Crippen molar-refractivity contribution in [2.45, 2.75) is 13.8 Å². The Morgan fingerprint density at radius 2 is 1.82 bits per heavy atom. The van der Waals surface area contributed by atoms with Crippen LogP contribution in [-0.2, 0) is 7.05 Å². The van der Waals surface area contributed by atoms with E-state index in [9.17, 15) is 25.5 Å². The van der Waals surface area contributed by atoms with Crippen molar-refractivity contribution >= 4 is 33.2 Å². The van der Waals surface area contributed by atoms with Gasteiger partial charge in [0.1, 0.15) is 5.02 Å². The molecule has 0 bridgehead atoms. The van der Waals surface area contributed by atoms with Gasteiger partial charge in [-0.25, -0.2) is 0 Å². The molecule has 0 unspecified atom stereocenters. The van der Waals surface area contributed by atoms with Gasteiger partial charge in [-0.1, -0.05) is 11.6 Å². The van der Waals surface area contributed by atoms with Crippen molar-refractivity contribution in [2.24, 2.45) is 7.05 Å². The van der Waals surface area contributed by atoms with E-state index in [0.29, 0.717) is 48.1 Å². The van der Waals surface area contributed by atoms with Gasteiger partial charge >= 0.3 is 5.69 Å². The highest BCUT2D eigenvalue weighted by molar-refractivity contribution is 9.10. The molecule has 0 aliphatic rings. The lowest BCUT2D eigenvalue weighted by atomic mass is 10.1. The summed E-state index contributed by atoms with van der Waals surface area (Å²) < 4.78 is 2.70. The van der Waals surface area contributed by atoms with Crippen molar-refractivity contribution in [3.05, 3.63) is 60.5 Å². The van der Waals surface area contributed by atoms with Crippen LogP contribution in [-0.4, -0.2) is 19.7 Å². The molecule has 2 heterocycles. The SMILES string of the molecule is Cc1c(Cl)c(C)[n+]([O-])c(Br)c1-c1ccc(-c2cc(O)c(O)c([N+](=O)[O-])c2)n1C. The standard InChI is InChI=1S/C18H15BrClN3O5/c1-8-15(18(19)22(26)9(2)16(8)20)12-5-4-11(21(12)3)10-6-13(23(27)28)17(25)14(24)7-10/h4-7,24-25H,1-3H3. The van der Waals surface area contributed by atoms with Gasteiger partial charge in [0.05, 0.1) is 16.2 Å². The highest BCUT2D eigenvalue weighted by Crippen LogP contribution is 2.41. The molecule has 0 fully saturated rings. The zero-order valence-corrected chi connectivity index (χ0v) is 17.4. The third kappa shape index (κ3) is 2.96. The van der Waals surface area contributed by atoms with Crippen molar-refractivity contribution in [3.8, 4) is 34.0 Å². The van der Waals surface area contributed by atoms with E-state index in [1.54, 1.807) is 37.6 Å². The number of rotatable bonds is 3. The van der Waals surface area contributed by atoms with E-state index in [1.807, 2.05) is 0 Å². The first-order valence-corrected chi connectivity index (χ1v) is 9.17. The minimum absolute atomic E-state index is 0.291. The maximum atomic E-state index is 12.4. The molecule has 28 heavy (non-hydrogen) atoms. The zero-order valence-electron chi connectivity index (χ0n) is 15.0. The average Bonchev–Trinajstić information content (AvgIpc) is 3.02. The molecule has 3 aromatic rings. The van der Waals surface area contributed by atoms with Crippen molar-refractivity contribution in [1.29, 1.82) is 0 Å². The molecule has 0 saturated heterocycles. The molecule has 0 aliphatic heterocycles. The highest BCUT2D eigenvalue weighted by atomic mass is 79.9. The van der Waals surface area contributed by atoms with Crippen molar-refractivity contribution in [2.75, 3.05) is 0 Å². The molecule has 146 valence electrons. The summed E-state index contributed by atoms with van der Waals surface area (Å²) in [4.78, 5) is 10.4. The lowest BCUT2D eigenvalue weighted by Gasteiger charge is -2.15. The smallest absolute Gasteiger partial charge is 0.315 e. The molecule has 2 aromatic heterocycles. The Labute approximate surface area is 173 Å². The summed E-state index contributed by atoms with van der Waals surface area (Å²) in [7, 11) is 1.72.